The lowest BCUT2D eigenvalue weighted by Crippen LogP contribution is -2.40. The second-order valence-electron chi connectivity index (χ2n) is 9.14. The van der Waals surface area contributed by atoms with Crippen molar-refractivity contribution >= 4 is 37.5 Å². The van der Waals surface area contributed by atoms with Crippen LogP contribution >= 0.6 is 11.3 Å². The highest BCUT2D eigenvalue weighted by molar-refractivity contribution is 7.89. The van der Waals surface area contributed by atoms with E-state index in [2.05, 4.69) is 25.8 Å². The van der Waals surface area contributed by atoms with E-state index in [1.165, 1.54) is 15.6 Å². The van der Waals surface area contributed by atoms with Gasteiger partial charge in [0.15, 0.2) is 0 Å². The van der Waals surface area contributed by atoms with E-state index in [-0.39, 0.29) is 23.9 Å². The Balaban J connectivity index is 1.33. The molecule has 0 bridgehead atoms. The maximum Gasteiger partial charge on any atom is 0.309 e. The van der Waals surface area contributed by atoms with Crippen LogP contribution in [0.15, 0.2) is 53.4 Å². The summed E-state index contributed by atoms with van der Waals surface area (Å²) in [7, 11) is -3.57. The van der Waals surface area contributed by atoms with Crippen molar-refractivity contribution < 1.29 is 17.9 Å². The highest BCUT2D eigenvalue weighted by Crippen LogP contribution is 2.28. The first-order valence-corrected chi connectivity index (χ1v) is 13.0. The van der Waals surface area contributed by atoms with E-state index >= 15 is 0 Å². The number of piperidine rings is 1. The van der Waals surface area contributed by atoms with Gasteiger partial charge < -0.3 is 4.74 Å². The molecule has 4 rings (SSSR count). The zero-order valence-electron chi connectivity index (χ0n) is 18.6. The molecule has 0 N–H and O–H groups in total. The molecule has 1 fully saturated rings. The Bertz CT molecular complexity index is 1170. The monoisotopic (exact) mass is 472 g/mol. The number of rotatable bonds is 5. The second kappa shape index (κ2) is 8.92. The molecule has 2 heterocycles. The van der Waals surface area contributed by atoms with Crippen molar-refractivity contribution in [3.8, 4) is 0 Å². The average molecular weight is 473 g/mol. The van der Waals surface area contributed by atoms with Crippen LogP contribution in [0.2, 0.25) is 0 Å². The van der Waals surface area contributed by atoms with Crippen molar-refractivity contribution in [3.05, 3.63) is 59.1 Å². The fourth-order valence-corrected chi connectivity index (χ4v) is 6.19. The number of thiazole rings is 1. The van der Waals surface area contributed by atoms with Gasteiger partial charge in [-0.2, -0.15) is 4.31 Å². The lowest BCUT2D eigenvalue weighted by Gasteiger charge is -2.30. The summed E-state index contributed by atoms with van der Waals surface area (Å²) in [6.45, 7) is 7.05. The molecule has 8 heteroatoms. The second-order valence-corrected chi connectivity index (χ2v) is 12.2. The highest BCUT2D eigenvalue weighted by atomic mass is 32.2. The Labute approximate surface area is 193 Å². The smallest absolute Gasteiger partial charge is 0.309 e. The van der Waals surface area contributed by atoms with Gasteiger partial charge in [0.05, 0.1) is 21.0 Å². The Morgan fingerprint density at radius 1 is 1.09 bits per heavy atom. The number of ether oxygens (including phenoxy) is 1. The Kier molecular flexibility index (Phi) is 6.38. The van der Waals surface area contributed by atoms with Crippen LogP contribution in [-0.4, -0.2) is 36.8 Å². The van der Waals surface area contributed by atoms with Gasteiger partial charge in [-0.1, -0.05) is 45.0 Å². The number of hydrogen-bond donors (Lipinski definition) is 0. The normalized spacial score (nSPS) is 16.3. The third-order valence-electron chi connectivity index (χ3n) is 5.82. The molecule has 0 unspecified atom stereocenters. The van der Waals surface area contributed by atoms with Crippen molar-refractivity contribution in [2.45, 2.75) is 50.5 Å². The minimum absolute atomic E-state index is 0.0354. The minimum Gasteiger partial charge on any atom is -0.458 e. The summed E-state index contributed by atoms with van der Waals surface area (Å²) in [5.74, 6) is -0.574. The number of sulfonamides is 1. The number of hydrogen-bond acceptors (Lipinski definition) is 6. The van der Waals surface area contributed by atoms with E-state index in [4.69, 9.17) is 4.74 Å². The summed E-state index contributed by atoms with van der Waals surface area (Å²) in [6.07, 6.45) is 0.913. The highest BCUT2D eigenvalue weighted by Gasteiger charge is 2.33. The van der Waals surface area contributed by atoms with Gasteiger partial charge in [-0.05, 0) is 48.1 Å². The fourth-order valence-electron chi connectivity index (χ4n) is 3.84. The summed E-state index contributed by atoms with van der Waals surface area (Å²) in [5.41, 5.74) is 1.95. The predicted molar refractivity (Wildman–Crippen MR) is 126 cm³/mol. The lowest BCUT2D eigenvalue weighted by molar-refractivity contribution is -0.151. The van der Waals surface area contributed by atoms with Crippen LogP contribution in [-0.2, 0) is 31.6 Å². The van der Waals surface area contributed by atoms with E-state index in [0.717, 1.165) is 20.8 Å². The van der Waals surface area contributed by atoms with Gasteiger partial charge in [-0.25, -0.2) is 13.4 Å². The van der Waals surface area contributed by atoms with E-state index in [0.29, 0.717) is 30.8 Å². The maximum absolute atomic E-state index is 13.0. The Hall–Kier alpha value is -2.29. The molecule has 170 valence electrons. The molecule has 0 aliphatic carbocycles. The minimum atomic E-state index is -3.57. The molecule has 0 atom stereocenters. The molecule has 6 nitrogen and oxygen atoms in total. The van der Waals surface area contributed by atoms with Crippen molar-refractivity contribution in [3.63, 3.8) is 0 Å². The SMILES string of the molecule is CC(C)(C)c1ccc(S(=O)(=O)N2CCC(C(=O)OCc3nc4ccccc4s3)CC2)cc1. The number of para-hydroxylation sites is 1. The van der Waals surface area contributed by atoms with Crippen molar-refractivity contribution in [1.82, 2.24) is 9.29 Å². The third kappa shape index (κ3) is 4.87. The summed E-state index contributed by atoms with van der Waals surface area (Å²) in [6, 6.07) is 14.9. The van der Waals surface area contributed by atoms with Gasteiger partial charge in [-0.3, -0.25) is 4.79 Å². The van der Waals surface area contributed by atoms with Crippen LogP contribution in [0.4, 0.5) is 0 Å². The summed E-state index contributed by atoms with van der Waals surface area (Å²) in [4.78, 5) is 17.3. The zero-order valence-corrected chi connectivity index (χ0v) is 20.2. The van der Waals surface area contributed by atoms with Gasteiger partial charge in [0.1, 0.15) is 11.6 Å². The van der Waals surface area contributed by atoms with E-state index in [1.807, 2.05) is 36.4 Å². The van der Waals surface area contributed by atoms with Crippen LogP contribution in [0, 0.1) is 5.92 Å². The van der Waals surface area contributed by atoms with Crippen molar-refractivity contribution in [1.29, 1.82) is 0 Å². The first-order valence-electron chi connectivity index (χ1n) is 10.8. The number of aromatic nitrogens is 1. The zero-order chi connectivity index (χ0) is 22.9. The van der Waals surface area contributed by atoms with Crippen molar-refractivity contribution in [2.75, 3.05) is 13.1 Å². The molecule has 0 amide bonds. The number of nitrogens with zero attached hydrogens (tertiary/aromatic N) is 2. The number of carbonyl (C=O) groups excluding carboxylic acids is 1. The summed E-state index contributed by atoms with van der Waals surface area (Å²) >= 11 is 1.51. The van der Waals surface area contributed by atoms with Crippen molar-refractivity contribution in [2.24, 2.45) is 5.92 Å². The first-order chi connectivity index (χ1) is 15.1. The van der Waals surface area contributed by atoms with Crippen LogP contribution in [0.1, 0.15) is 44.2 Å². The van der Waals surface area contributed by atoms with E-state index < -0.39 is 10.0 Å². The van der Waals surface area contributed by atoms with Crippen LogP contribution in [0.25, 0.3) is 10.2 Å². The number of fused-ring (bicyclic) bond motifs is 1. The van der Waals surface area contributed by atoms with E-state index in [9.17, 15) is 13.2 Å². The average Bonchev–Trinajstić information content (AvgIpc) is 3.20. The Morgan fingerprint density at radius 2 is 1.75 bits per heavy atom. The van der Waals surface area contributed by atoms with Crippen LogP contribution in [0.3, 0.4) is 0 Å². The van der Waals surface area contributed by atoms with Gasteiger partial charge in [-0.15, -0.1) is 11.3 Å². The topological polar surface area (TPSA) is 76.6 Å². The molecule has 0 radical (unpaired) electrons. The fraction of sp³-hybridized carbons (Fsp3) is 0.417. The Morgan fingerprint density at radius 3 is 2.38 bits per heavy atom. The predicted octanol–water partition coefficient (Wildman–Crippen LogP) is 4.74. The third-order valence-corrected chi connectivity index (χ3v) is 8.74. The standard InChI is InChI=1S/C24H28N2O4S2/c1-24(2,3)18-8-10-19(11-9-18)32(28,29)26-14-12-17(13-15-26)23(27)30-16-22-25-20-6-4-5-7-21(20)31-22/h4-11,17H,12-16H2,1-3H3. The molecule has 3 aromatic rings. The molecule has 32 heavy (non-hydrogen) atoms. The molecule has 0 saturated carbocycles. The molecular weight excluding hydrogens is 444 g/mol. The molecule has 1 aliphatic heterocycles. The molecular formula is C24H28N2O4S2. The largest absolute Gasteiger partial charge is 0.458 e. The first kappa shape index (κ1) is 22.9. The molecule has 0 spiro atoms. The van der Waals surface area contributed by atoms with Gasteiger partial charge >= 0.3 is 5.97 Å². The summed E-state index contributed by atoms with van der Waals surface area (Å²) < 4.78 is 34.1. The number of carbonyl (C=O) groups is 1. The molecule has 1 aliphatic rings. The van der Waals surface area contributed by atoms with Gasteiger partial charge in [0.2, 0.25) is 10.0 Å². The number of esters is 1. The lowest BCUT2D eigenvalue weighted by atomic mass is 9.87. The molecule has 1 aromatic heterocycles. The molecule has 2 aromatic carbocycles. The quantitative estimate of drug-likeness (QED) is 0.502. The van der Waals surface area contributed by atoms with Gasteiger partial charge in [0.25, 0.3) is 0 Å². The van der Waals surface area contributed by atoms with Crippen LogP contribution in [0.5, 0.6) is 0 Å². The molecule has 1 saturated heterocycles. The van der Waals surface area contributed by atoms with E-state index in [1.54, 1.807) is 12.1 Å². The van der Waals surface area contributed by atoms with Crippen LogP contribution < -0.4 is 0 Å². The number of benzene rings is 2. The summed E-state index contributed by atoms with van der Waals surface area (Å²) in [5, 5.41) is 0.762. The van der Waals surface area contributed by atoms with Gasteiger partial charge in [0, 0.05) is 13.1 Å². The maximum atomic E-state index is 13.0.